The van der Waals surface area contributed by atoms with Gasteiger partial charge in [-0.1, -0.05) is 0 Å². The Hall–Kier alpha value is -1.33. The summed E-state index contributed by atoms with van der Waals surface area (Å²) in [5, 5.41) is 0. The third-order valence-electron chi connectivity index (χ3n) is 3.77. The molecule has 0 amide bonds. The number of aryl methyl sites for hydroxylation is 1. The highest BCUT2D eigenvalue weighted by Gasteiger charge is 2.39. The largest absolute Gasteiger partial charge is 0.397 e. The number of nitrogen functional groups attached to an aromatic ring is 1. The number of nitrogens with two attached hydrogens (primary N) is 1. The summed E-state index contributed by atoms with van der Waals surface area (Å²) >= 11 is 0. The average Bonchev–Trinajstić information content (AvgIpc) is 2.82. The van der Waals surface area contributed by atoms with E-state index in [1.54, 1.807) is 0 Å². The molecule has 2 aliphatic heterocycles. The minimum absolute atomic E-state index is 0.320. The summed E-state index contributed by atoms with van der Waals surface area (Å²) in [5.41, 5.74) is 7.43. The van der Waals surface area contributed by atoms with Crippen molar-refractivity contribution >= 4 is 11.5 Å². The lowest BCUT2D eigenvalue weighted by atomic mass is 10.0. The molecular formula is C13H19N3O2. The molecule has 98 valence electrons. The Labute approximate surface area is 107 Å². The molecule has 1 aromatic rings. The van der Waals surface area contributed by atoms with Crippen LogP contribution in [0.25, 0.3) is 0 Å². The molecule has 0 saturated carbocycles. The van der Waals surface area contributed by atoms with Gasteiger partial charge < -0.3 is 20.1 Å². The lowest BCUT2D eigenvalue weighted by molar-refractivity contribution is -0.169. The number of piperidine rings is 1. The molecule has 2 N–H and O–H groups in total. The number of anilines is 2. The molecule has 2 fully saturated rings. The predicted octanol–water partition coefficient (Wildman–Crippen LogP) is 1.32. The van der Waals surface area contributed by atoms with E-state index in [9.17, 15) is 0 Å². The molecule has 3 rings (SSSR count). The van der Waals surface area contributed by atoms with Gasteiger partial charge in [0, 0.05) is 25.9 Å². The number of hydrogen-bond acceptors (Lipinski definition) is 5. The highest BCUT2D eigenvalue weighted by molar-refractivity contribution is 5.50. The molecule has 2 saturated heterocycles. The summed E-state index contributed by atoms with van der Waals surface area (Å²) in [5.74, 6) is 0.675. The van der Waals surface area contributed by atoms with Crippen molar-refractivity contribution < 1.29 is 9.47 Å². The minimum atomic E-state index is -0.320. The summed E-state index contributed by atoms with van der Waals surface area (Å²) in [6, 6.07) is 3.90. The van der Waals surface area contributed by atoms with E-state index in [0.717, 1.165) is 56.3 Å². The maximum atomic E-state index is 5.79. The van der Waals surface area contributed by atoms with Crippen LogP contribution in [0.2, 0.25) is 0 Å². The highest BCUT2D eigenvalue weighted by Crippen LogP contribution is 2.32. The van der Waals surface area contributed by atoms with E-state index in [0.29, 0.717) is 0 Å². The number of pyridine rings is 1. The first kappa shape index (κ1) is 11.7. The SMILES string of the molecule is Cc1nc(N2CCC3(CC2)OCCO3)ccc1N. The Bertz CT molecular complexity index is 434. The molecule has 0 radical (unpaired) electrons. The molecule has 1 spiro atoms. The first-order chi connectivity index (χ1) is 8.69. The van der Waals surface area contributed by atoms with Gasteiger partial charge in [-0.25, -0.2) is 4.98 Å². The first-order valence-electron chi connectivity index (χ1n) is 6.45. The molecule has 5 heteroatoms. The molecule has 5 nitrogen and oxygen atoms in total. The Kier molecular flexibility index (Phi) is 2.87. The van der Waals surface area contributed by atoms with Gasteiger partial charge in [-0.2, -0.15) is 0 Å². The van der Waals surface area contributed by atoms with E-state index in [-0.39, 0.29) is 5.79 Å². The van der Waals surface area contributed by atoms with E-state index < -0.39 is 0 Å². The van der Waals surface area contributed by atoms with Crippen molar-refractivity contribution in [3.8, 4) is 0 Å². The van der Waals surface area contributed by atoms with E-state index in [1.807, 2.05) is 19.1 Å². The average molecular weight is 249 g/mol. The van der Waals surface area contributed by atoms with Crippen molar-refractivity contribution in [1.29, 1.82) is 0 Å². The molecule has 2 aliphatic rings. The van der Waals surface area contributed by atoms with Gasteiger partial charge in [0.1, 0.15) is 5.82 Å². The summed E-state index contributed by atoms with van der Waals surface area (Å²) < 4.78 is 11.4. The summed E-state index contributed by atoms with van der Waals surface area (Å²) in [7, 11) is 0. The van der Waals surface area contributed by atoms with Gasteiger partial charge in [-0.05, 0) is 19.1 Å². The quantitative estimate of drug-likeness (QED) is 0.813. The molecule has 0 aliphatic carbocycles. The second-order valence-electron chi connectivity index (χ2n) is 4.94. The first-order valence-corrected chi connectivity index (χ1v) is 6.45. The summed E-state index contributed by atoms with van der Waals surface area (Å²) in [4.78, 5) is 6.80. The van der Waals surface area contributed by atoms with Crippen molar-refractivity contribution in [3.63, 3.8) is 0 Å². The van der Waals surface area contributed by atoms with Crippen LogP contribution in [0, 0.1) is 6.92 Å². The molecule has 1 aromatic heterocycles. The third kappa shape index (κ3) is 2.04. The van der Waals surface area contributed by atoms with E-state index in [2.05, 4.69) is 9.88 Å². The second-order valence-corrected chi connectivity index (χ2v) is 4.94. The molecule has 18 heavy (non-hydrogen) atoms. The second kappa shape index (κ2) is 4.40. The van der Waals surface area contributed by atoms with Crippen LogP contribution in [-0.4, -0.2) is 37.1 Å². The summed E-state index contributed by atoms with van der Waals surface area (Å²) in [6.45, 7) is 5.21. The van der Waals surface area contributed by atoms with E-state index in [4.69, 9.17) is 15.2 Å². The fourth-order valence-electron chi connectivity index (χ4n) is 2.60. The smallest absolute Gasteiger partial charge is 0.171 e. The minimum Gasteiger partial charge on any atom is -0.397 e. The highest BCUT2D eigenvalue weighted by atomic mass is 16.7. The molecule has 3 heterocycles. The van der Waals surface area contributed by atoms with Crippen LogP contribution in [0.1, 0.15) is 18.5 Å². The van der Waals surface area contributed by atoms with Crippen LogP contribution in [0.15, 0.2) is 12.1 Å². The van der Waals surface area contributed by atoms with Crippen LogP contribution in [-0.2, 0) is 9.47 Å². The standard InChI is InChI=1S/C13H19N3O2/c1-10-11(14)2-3-12(15-10)16-6-4-13(5-7-16)17-8-9-18-13/h2-3H,4-9,14H2,1H3. The number of ether oxygens (including phenoxy) is 2. The summed E-state index contributed by atoms with van der Waals surface area (Å²) in [6.07, 6.45) is 1.80. The zero-order chi connectivity index (χ0) is 12.6. The predicted molar refractivity (Wildman–Crippen MR) is 69.5 cm³/mol. The zero-order valence-electron chi connectivity index (χ0n) is 10.7. The van der Waals surface area contributed by atoms with Gasteiger partial charge in [0.05, 0.1) is 24.6 Å². The van der Waals surface area contributed by atoms with Gasteiger partial charge in [0.2, 0.25) is 0 Å². The van der Waals surface area contributed by atoms with Gasteiger partial charge in [-0.15, -0.1) is 0 Å². The van der Waals surface area contributed by atoms with Crippen molar-refractivity contribution in [2.45, 2.75) is 25.6 Å². The van der Waals surface area contributed by atoms with Crippen molar-refractivity contribution in [3.05, 3.63) is 17.8 Å². The number of rotatable bonds is 1. The monoisotopic (exact) mass is 249 g/mol. The number of nitrogens with zero attached hydrogens (tertiary/aromatic N) is 2. The van der Waals surface area contributed by atoms with Crippen LogP contribution in [0.4, 0.5) is 11.5 Å². The van der Waals surface area contributed by atoms with Crippen molar-refractivity contribution in [2.24, 2.45) is 0 Å². The van der Waals surface area contributed by atoms with Crippen molar-refractivity contribution in [2.75, 3.05) is 36.9 Å². The van der Waals surface area contributed by atoms with Crippen LogP contribution in [0.5, 0.6) is 0 Å². The molecule has 0 bridgehead atoms. The third-order valence-corrected chi connectivity index (χ3v) is 3.77. The fourth-order valence-corrected chi connectivity index (χ4v) is 2.60. The lowest BCUT2D eigenvalue weighted by Gasteiger charge is -2.38. The van der Waals surface area contributed by atoms with Crippen LogP contribution >= 0.6 is 0 Å². The lowest BCUT2D eigenvalue weighted by Crippen LogP contribution is -2.45. The molecule has 0 aromatic carbocycles. The van der Waals surface area contributed by atoms with Crippen LogP contribution < -0.4 is 10.6 Å². The maximum Gasteiger partial charge on any atom is 0.171 e. The normalized spacial score (nSPS) is 22.6. The van der Waals surface area contributed by atoms with E-state index in [1.165, 1.54) is 0 Å². The maximum absolute atomic E-state index is 5.79. The number of aromatic nitrogens is 1. The Morgan fingerprint density at radius 1 is 1.22 bits per heavy atom. The van der Waals surface area contributed by atoms with Gasteiger partial charge >= 0.3 is 0 Å². The Balaban J connectivity index is 1.70. The zero-order valence-corrected chi connectivity index (χ0v) is 10.7. The van der Waals surface area contributed by atoms with Gasteiger partial charge in [0.15, 0.2) is 5.79 Å². The van der Waals surface area contributed by atoms with E-state index >= 15 is 0 Å². The topological polar surface area (TPSA) is 60.6 Å². The Morgan fingerprint density at radius 3 is 2.50 bits per heavy atom. The van der Waals surface area contributed by atoms with Gasteiger partial charge in [0.25, 0.3) is 0 Å². The van der Waals surface area contributed by atoms with Crippen molar-refractivity contribution in [1.82, 2.24) is 4.98 Å². The Morgan fingerprint density at radius 2 is 1.89 bits per heavy atom. The molecular weight excluding hydrogens is 230 g/mol. The fraction of sp³-hybridized carbons (Fsp3) is 0.615. The molecule has 0 atom stereocenters. The van der Waals surface area contributed by atoms with Gasteiger partial charge in [-0.3, -0.25) is 0 Å². The molecule has 0 unspecified atom stereocenters. The number of hydrogen-bond donors (Lipinski definition) is 1. The van der Waals surface area contributed by atoms with Crippen LogP contribution in [0.3, 0.4) is 0 Å².